The molecule has 0 bridgehead atoms. The van der Waals surface area contributed by atoms with Crippen molar-refractivity contribution in [1.29, 1.82) is 0 Å². The maximum absolute atomic E-state index is 12.2. The molecule has 1 aliphatic rings. The van der Waals surface area contributed by atoms with Crippen LogP contribution in [0.4, 0.5) is 5.69 Å². The average Bonchev–Trinajstić information content (AvgIpc) is 2.71. The van der Waals surface area contributed by atoms with Crippen LogP contribution in [0, 0.1) is 18.8 Å². The maximum Gasteiger partial charge on any atom is 0.348 e. The molecule has 1 aromatic rings. The Morgan fingerprint density at radius 2 is 1.95 bits per heavy atom. The topological polar surface area (TPSA) is 66.4 Å². The molecular weight excluding hydrogens is 262 g/mol. The smallest absolute Gasteiger partial charge is 0.348 e. The summed E-state index contributed by atoms with van der Waals surface area (Å²) in [5.41, 5.74) is 0.443. The molecule has 104 valence electrons. The fourth-order valence-electron chi connectivity index (χ4n) is 2.52. The predicted molar refractivity (Wildman–Crippen MR) is 75.8 cm³/mol. The van der Waals surface area contributed by atoms with E-state index < -0.39 is 5.97 Å². The van der Waals surface area contributed by atoms with Gasteiger partial charge in [0.2, 0.25) is 5.91 Å². The second-order valence-corrected chi connectivity index (χ2v) is 6.61. The van der Waals surface area contributed by atoms with E-state index in [1.807, 2.05) is 6.92 Å². The first-order valence-electron chi connectivity index (χ1n) is 6.62. The van der Waals surface area contributed by atoms with Gasteiger partial charge in [0.05, 0.1) is 5.69 Å². The number of hydrogen-bond donors (Lipinski definition) is 2. The van der Waals surface area contributed by atoms with Gasteiger partial charge in [0.1, 0.15) is 4.88 Å². The van der Waals surface area contributed by atoms with Crippen LogP contribution in [0.15, 0.2) is 6.07 Å². The SMILES string of the molecule is Cc1cc(NC(=O)C2CCC(C)CC2)c(C(=O)O)s1. The Morgan fingerprint density at radius 3 is 2.53 bits per heavy atom. The van der Waals surface area contributed by atoms with Gasteiger partial charge in [-0.25, -0.2) is 4.79 Å². The van der Waals surface area contributed by atoms with Gasteiger partial charge in [0, 0.05) is 10.8 Å². The minimum Gasteiger partial charge on any atom is -0.477 e. The Bertz CT molecular complexity index is 487. The highest BCUT2D eigenvalue weighted by Crippen LogP contribution is 2.31. The van der Waals surface area contributed by atoms with Crippen molar-refractivity contribution in [3.63, 3.8) is 0 Å². The third-order valence-corrected chi connectivity index (χ3v) is 4.73. The molecule has 0 aromatic carbocycles. The van der Waals surface area contributed by atoms with E-state index in [9.17, 15) is 9.59 Å². The monoisotopic (exact) mass is 281 g/mol. The van der Waals surface area contributed by atoms with Gasteiger partial charge in [-0.15, -0.1) is 11.3 Å². The van der Waals surface area contributed by atoms with Crippen molar-refractivity contribution < 1.29 is 14.7 Å². The molecule has 0 unspecified atom stereocenters. The van der Waals surface area contributed by atoms with Crippen molar-refractivity contribution in [3.8, 4) is 0 Å². The molecule has 2 N–H and O–H groups in total. The van der Waals surface area contributed by atoms with Crippen molar-refractivity contribution in [2.75, 3.05) is 5.32 Å². The van der Waals surface area contributed by atoms with Crippen molar-refractivity contribution >= 4 is 28.9 Å². The number of amides is 1. The average molecular weight is 281 g/mol. The van der Waals surface area contributed by atoms with E-state index >= 15 is 0 Å². The number of thiophene rings is 1. The van der Waals surface area contributed by atoms with E-state index in [0.29, 0.717) is 11.6 Å². The molecule has 0 radical (unpaired) electrons. The van der Waals surface area contributed by atoms with Crippen molar-refractivity contribution in [2.45, 2.75) is 39.5 Å². The summed E-state index contributed by atoms with van der Waals surface area (Å²) in [5, 5.41) is 11.9. The Kier molecular flexibility index (Phi) is 4.24. The van der Waals surface area contributed by atoms with Gasteiger partial charge in [-0.3, -0.25) is 4.79 Å². The van der Waals surface area contributed by atoms with Crippen LogP contribution in [0.1, 0.15) is 47.2 Å². The fourth-order valence-corrected chi connectivity index (χ4v) is 3.33. The quantitative estimate of drug-likeness (QED) is 0.890. The van der Waals surface area contributed by atoms with E-state index in [1.165, 1.54) is 11.3 Å². The lowest BCUT2D eigenvalue weighted by atomic mass is 9.82. The molecule has 1 heterocycles. The van der Waals surface area contributed by atoms with Gasteiger partial charge in [-0.2, -0.15) is 0 Å². The Morgan fingerprint density at radius 1 is 1.32 bits per heavy atom. The van der Waals surface area contributed by atoms with E-state index in [4.69, 9.17) is 5.11 Å². The number of anilines is 1. The van der Waals surface area contributed by atoms with Gasteiger partial charge in [-0.1, -0.05) is 6.92 Å². The van der Waals surface area contributed by atoms with Gasteiger partial charge in [-0.05, 0) is 44.6 Å². The summed E-state index contributed by atoms with van der Waals surface area (Å²) >= 11 is 1.20. The molecule has 1 aliphatic carbocycles. The summed E-state index contributed by atoms with van der Waals surface area (Å²) in [6.45, 7) is 4.05. The highest BCUT2D eigenvalue weighted by Gasteiger charge is 2.25. The van der Waals surface area contributed by atoms with E-state index in [-0.39, 0.29) is 16.7 Å². The summed E-state index contributed by atoms with van der Waals surface area (Å²) in [6, 6.07) is 1.73. The number of carboxylic acids is 1. The molecule has 19 heavy (non-hydrogen) atoms. The first-order chi connectivity index (χ1) is 8.97. The first-order valence-corrected chi connectivity index (χ1v) is 7.43. The van der Waals surface area contributed by atoms with Crippen molar-refractivity contribution in [1.82, 2.24) is 0 Å². The van der Waals surface area contributed by atoms with Crippen LogP contribution in [-0.2, 0) is 4.79 Å². The van der Waals surface area contributed by atoms with Crippen LogP contribution in [0.25, 0.3) is 0 Å². The van der Waals surface area contributed by atoms with Crippen LogP contribution in [-0.4, -0.2) is 17.0 Å². The second kappa shape index (κ2) is 5.74. The first kappa shape index (κ1) is 14.1. The van der Waals surface area contributed by atoms with Crippen molar-refractivity contribution in [3.05, 3.63) is 15.8 Å². The summed E-state index contributed by atoms with van der Waals surface area (Å²) in [4.78, 5) is 24.4. The molecule has 2 rings (SSSR count). The summed E-state index contributed by atoms with van der Waals surface area (Å²) in [7, 11) is 0. The molecule has 0 spiro atoms. The van der Waals surface area contributed by atoms with Gasteiger partial charge >= 0.3 is 5.97 Å². The number of nitrogens with one attached hydrogen (secondary N) is 1. The molecule has 0 aliphatic heterocycles. The maximum atomic E-state index is 12.2. The number of carbonyl (C=O) groups excluding carboxylic acids is 1. The normalized spacial score (nSPS) is 23.1. The highest BCUT2D eigenvalue weighted by molar-refractivity contribution is 7.14. The Labute approximate surface area is 116 Å². The fraction of sp³-hybridized carbons (Fsp3) is 0.571. The zero-order valence-electron chi connectivity index (χ0n) is 11.2. The predicted octanol–water partition coefficient (Wildman–Crippen LogP) is 3.52. The van der Waals surface area contributed by atoms with Crippen LogP contribution >= 0.6 is 11.3 Å². The largest absolute Gasteiger partial charge is 0.477 e. The third-order valence-electron chi connectivity index (χ3n) is 3.69. The van der Waals surface area contributed by atoms with Gasteiger partial charge in [0.15, 0.2) is 0 Å². The molecule has 1 amide bonds. The van der Waals surface area contributed by atoms with Crippen LogP contribution in [0.2, 0.25) is 0 Å². The van der Waals surface area contributed by atoms with Gasteiger partial charge < -0.3 is 10.4 Å². The van der Waals surface area contributed by atoms with Crippen LogP contribution in [0.3, 0.4) is 0 Å². The number of aromatic carboxylic acids is 1. The molecule has 0 atom stereocenters. The lowest BCUT2D eigenvalue weighted by Crippen LogP contribution is -2.27. The zero-order chi connectivity index (χ0) is 14.0. The standard InChI is InChI=1S/C14H19NO3S/c1-8-3-5-10(6-4-8)13(16)15-11-7-9(2)19-12(11)14(17)18/h7-8,10H,3-6H2,1-2H3,(H,15,16)(H,17,18). The summed E-state index contributed by atoms with van der Waals surface area (Å²) in [6.07, 6.45) is 3.95. The lowest BCUT2D eigenvalue weighted by Gasteiger charge is -2.25. The molecule has 1 fully saturated rings. The molecule has 4 nitrogen and oxygen atoms in total. The highest BCUT2D eigenvalue weighted by atomic mass is 32.1. The Hall–Kier alpha value is -1.36. The minimum absolute atomic E-state index is 0.0260. The molecular formula is C14H19NO3S. The van der Waals surface area contributed by atoms with Crippen molar-refractivity contribution in [2.24, 2.45) is 11.8 Å². The third kappa shape index (κ3) is 3.35. The number of hydrogen-bond acceptors (Lipinski definition) is 3. The number of aryl methyl sites for hydroxylation is 1. The number of carbonyl (C=O) groups is 2. The van der Waals surface area contributed by atoms with Crippen LogP contribution in [0.5, 0.6) is 0 Å². The summed E-state index contributed by atoms with van der Waals surface area (Å²) < 4.78 is 0. The van der Waals surface area contributed by atoms with E-state index in [2.05, 4.69) is 12.2 Å². The number of rotatable bonds is 3. The molecule has 0 saturated heterocycles. The minimum atomic E-state index is -0.981. The van der Waals surface area contributed by atoms with Gasteiger partial charge in [0.25, 0.3) is 0 Å². The van der Waals surface area contributed by atoms with Crippen LogP contribution < -0.4 is 5.32 Å². The molecule has 1 aromatic heterocycles. The Balaban J connectivity index is 2.04. The second-order valence-electron chi connectivity index (χ2n) is 5.35. The van der Waals surface area contributed by atoms with E-state index in [0.717, 1.165) is 30.6 Å². The van der Waals surface area contributed by atoms with E-state index in [1.54, 1.807) is 6.07 Å². The molecule has 1 saturated carbocycles. The number of carboxylic acid groups (broad SMARTS) is 1. The lowest BCUT2D eigenvalue weighted by molar-refractivity contribution is -0.121. The molecule has 5 heteroatoms. The summed E-state index contributed by atoms with van der Waals surface area (Å²) in [5.74, 6) is -0.294. The zero-order valence-corrected chi connectivity index (χ0v) is 12.0.